The van der Waals surface area contributed by atoms with Crippen LogP contribution in [-0.4, -0.2) is 27.3 Å². The minimum atomic E-state index is -0.476. The zero-order valence-corrected chi connectivity index (χ0v) is 10.3. The summed E-state index contributed by atoms with van der Waals surface area (Å²) >= 11 is 0. The van der Waals surface area contributed by atoms with Gasteiger partial charge in [-0.15, -0.1) is 0 Å². The summed E-state index contributed by atoms with van der Waals surface area (Å²) in [6.45, 7) is 3.77. The molecule has 0 aliphatic carbocycles. The topological polar surface area (TPSA) is 83.0 Å². The van der Waals surface area contributed by atoms with Gasteiger partial charge in [-0.05, 0) is 26.0 Å². The van der Waals surface area contributed by atoms with Crippen molar-refractivity contribution in [2.45, 2.75) is 13.8 Å². The third kappa shape index (κ3) is 2.04. The molecule has 0 spiro atoms. The number of nitrogen functional groups attached to an aromatic ring is 1. The van der Waals surface area contributed by atoms with E-state index in [0.29, 0.717) is 23.8 Å². The lowest BCUT2D eigenvalue weighted by Crippen LogP contribution is -2.08. The molecule has 18 heavy (non-hydrogen) atoms. The molecule has 2 aromatic heterocycles. The summed E-state index contributed by atoms with van der Waals surface area (Å²) in [6, 6.07) is 5.38. The van der Waals surface area contributed by atoms with Gasteiger partial charge in [-0.3, -0.25) is 0 Å². The van der Waals surface area contributed by atoms with E-state index in [1.54, 1.807) is 32.2 Å². The molecule has 0 atom stereocenters. The van der Waals surface area contributed by atoms with Crippen LogP contribution in [0.4, 0.5) is 5.82 Å². The van der Waals surface area contributed by atoms with Crippen LogP contribution in [-0.2, 0) is 4.74 Å². The average Bonchev–Trinajstić information content (AvgIpc) is 2.68. The molecular formula is C12H14N4O2. The van der Waals surface area contributed by atoms with Gasteiger partial charge in [-0.25, -0.2) is 9.78 Å². The third-order valence-electron chi connectivity index (χ3n) is 2.50. The Morgan fingerprint density at radius 1 is 1.50 bits per heavy atom. The first kappa shape index (κ1) is 12.1. The molecule has 0 aliphatic heterocycles. The number of nitrogens with two attached hydrogens (primary N) is 1. The molecule has 2 aromatic rings. The first-order chi connectivity index (χ1) is 8.65. The number of carbonyl (C=O) groups excluding carboxylic acids is 1. The van der Waals surface area contributed by atoms with Gasteiger partial charge in [0.2, 0.25) is 0 Å². The van der Waals surface area contributed by atoms with E-state index >= 15 is 0 Å². The van der Waals surface area contributed by atoms with Crippen molar-refractivity contribution < 1.29 is 9.53 Å². The molecule has 6 nitrogen and oxygen atoms in total. The molecule has 2 heterocycles. The number of anilines is 1. The van der Waals surface area contributed by atoms with Crippen LogP contribution < -0.4 is 5.73 Å². The lowest BCUT2D eigenvalue weighted by molar-refractivity contribution is 0.0518. The van der Waals surface area contributed by atoms with Gasteiger partial charge in [0, 0.05) is 11.8 Å². The lowest BCUT2D eigenvalue weighted by atomic mass is 10.2. The van der Waals surface area contributed by atoms with Gasteiger partial charge in [0.15, 0.2) is 11.5 Å². The first-order valence-corrected chi connectivity index (χ1v) is 5.58. The number of aromatic nitrogens is 3. The van der Waals surface area contributed by atoms with E-state index in [9.17, 15) is 4.79 Å². The summed E-state index contributed by atoms with van der Waals surface area (Å²) in [5, 5.41) is 4.15. The summed E-state index contributed by atoms with van der Waals surface area (Å²) in [7, 11) is 0. The Morgan fingerprint density at radius 3 is 2.89 bits per heavy atom. The highest BCUT2D eigenvalue weighted by molar-refractivity contribution is 5.90. The minimum absolute atomic E-state index is 0.222. The molecule has 0 saturated carbocycles. The van der Waals surface area contributed by atoms with Gasteiger partial charge in [0.1, 0.15) is 5.82 Å². The van der Waals surface area contributed by atoms with E-state index in [0.717, 1.165) is 0 Å². The maximum Gasteiger partial charge on any atom is 0.359 e. The number of esters is 1. The molecule has 0 unspecified atom stereocenters. The van der Waals surface area contributed by atoms with Gasteiger partial charge >= 0.3 is 5.97 Å². The molecule has 0 aromatic carbocycles. The number of carbonyl (C=O) groups is 1. The smallest absolute Gasteiger partial charge is 0.359 e. The molecule has 2 N–H and O–H groups in total. The predicted molar refractivity (Wildman–Crippen MR) is 66.5 cm³/mol. The molecule has 2 rings (SSSR count). The summed E-state index contributed by atoms with van der Waals surface area (Å²) in [4.78, 5) is 15.8. The van der Waals surface area contributed by atoms with Crippen molar-refractivity contribution in [3.05, 3.63) is 35.7 Å². The fourth-order valence-corrected chi connectivity index (χ4v) is 1.56. The largest absolute Gasteiger partial charge is 0.461 e. The summed E-state index contributed by atoms with van der Waals surface area (Å²) in [5.74, 6) is 0.474. The van der Waals surface area contributed by atoms with Gasteiger partial charge in [-0.1, -0.05) is 6.07 Å². The Labute approximate surface area is 104 Å². The van der Waals surface area contributed by atoms with Gasteiger partial charge in [0.05, 0.1) is 6.61 Å². The van der Waals surface area contributed by atoms with Gasteiger partial charge in [0.25, 0.3) is 0 Å². The van der Waals surface area contributed by atoms with Crippen LogP contribution in [0.15, 0.2) is 24.4 Å². The van der Waals surface area contributed by atoms with Crippen molar-refractivity contribution >= 4 is 11.8 Å². The van der Waals surface area contributed by atoms with Crippen LogP contribution in [0.3, 0.4) is 0 Å². The quantitative estimate of drug-likeness (QED) is 0.826. The van der Waals surface area contributed by atoms with Crippen LogP contribution >= 0.6 is 0 Å². The van der Waals surface area contributed by atoms with Crippen molar-refractivity contribution in [2.75, 3.05) is 12.3 Å². The molecule has 0 aliphatic rings. The van der Waals surface area contributed by atoms with E-state index in [1.807, 2.05) is 6.07 Å². The minimum Gasteiger partial charge on any atom is -0.461 e. The zero-order valence-electron chi connectivity index (χ0n) is 10.3. The van der Waals surface area contributed by atoms with E-state index in [-0.39, 0.29) is 5.69 Å². The average molecular weight is 246 g/mol. The second-order valence-corrected chi connectivity index (χ2v) is 3.68. The highest BCUT2D eigenvalue weighted by atomic mass is 16.5. The number of pyridine rings is 1. The molecule has 0 saturated heterocycles. The second kappa shape index (κ2) is 4.87. The van der Waals surface area contributed by atoms with E-state index in [4.69, 9.17) is 10.5 Å². The monoisotopic (exact) mass is 246 g/mol. The van der Waals surface area contributed by atoms with Crippen molar-refractivity contribution in [1.29, 1.82) is 0 Å². The number of rotatable bonds is 3. The number of hydrogen-bond donors (Lipinski definition) is 1. The van der Waals surface area contributed by atoms with E-state index in [2.05, 4.69) is 10.1 Å². The van der Waals surface area contributed by atoms with Crippen molar-refractivity contribution in [3.8, 4) is 5.82 Å². The van der Waals surface area contributed by atoms with Crippen LogP contribution in [0.2, 0.25) is 0 Å². The second-order valence-electron chi connectivity index (χ2n) is 3.68. The molecule has 0 fully saturated rings. The summed E-state index contributed by atoms with van der Waals surface area (Å²) < 4.78 is 6.35. The van der Waals surface area contributed by atoms with E-state index in [1.165, 1.54) is 4.68 Å². The number of nitrogens with zero attached hydrogens (tertiary/aromatic N) is 3. The highest BCUT2D eigenvalue weighted by Gasteiger charge is 2.20. The van der Waals surface area contributed by atoms with Gasteiger partial charge in [-0.2, -0.15) is 9.78 Å². The molecule has 6 heteroatoms. The molecule has 0 bridgehead atoms. The van der Waals surface area contributed by atoms with Gasteiger partial charge < -0.3 is 10.5 Å². The Hall–Kier alpha value is -2.37. The standard InChI is InChI=1S/C12H14N4O2/c1-3-18-12(17)10-8(2)11(13)16(15-10)9-6-4-5-7-14-9/h4-7H,3,13H2,1-2H3. The van der Waals surface area contributed by atoms with E-state index < -0.39 is 5.97 Å². The number of ether oxygens (including phenoxy) is 1. The highest BCUT2D eigenvalue weighted by Crippen LogP contribution is 2.19. The third-order valence-corrected chi connectivity index (χ3v) is 2.50. The maximum absolute atomic E-state index is 11.7. The Balaban J connectivity index is 2.46. The summed E-state index contributed by atoms with van der Waals surface area (Å²) in [5.41, 5.74) is 6.74. The van der Waals surface area contributed by atoms with Crippen LogP contribution in [0, 0.1) is 6.92 Å². The van der Waals surface area contributed by atoms with Crippen molar-refractivity contribution in [1.82, 2.24) is 14.8 Å². The molecule has 0 radical (unpaired) electrons. The van der Waals surface area contributed by atoms with Crippen molar-refractivity contribution in [3.63, 3.8) is 0 Å². The predicted octanol–water partition coefficient (Wildman–Crippen LogP) is 1.33. The number of hydrogen-bond acceptors (Lipinski definition) is 5. The Morgan fingerprint density at radius 2 is 2.28 bits per heavy atom. The SMILES string of the molecule is CCOC(=O)c1nn(-c2ccccn2)c(N)c1C. The maximum atomic E-state index is 11.7. The zero-order chi connectivity index (χ0) is 13.1. The molecule has 94 valence electrons. The Kier molecular flexibility index (Phi) is 3.27. The van der Waals surface area contributed by atoms with Crippen LogP contribution in [0.5, 0.6) is 0 Å². The van der Waals surface area contributed by atoms with Crippen LogP contribution in [0.25, 0.3) is 5.82 Å². The summed E-state index contributed by atoms with van der Waals surface area (Å²) in [6.07, 6.45) is 1.63. The fraction of sp³-hybridized carbons (Fsp3) is 0.250. The fourth-order valence-electron chi connectivity index (χ4n) is 1.56. The normalized spacial score (nSPS) is 10.3. The van der Waals surface area contributed by atoms with Crippen molar-refractivity contribution in [2.24, 2.45) is 0 Å². The first-order valence-electron chi connectivity index (χ1n) is 5.58. The molecule has 0 amide bonds. The molecular weight excluding hydrogens is 232 g/mol. The Bertz CT molecular complexity index is 563. The lowest BCUT2D eigenvalue weighted by Gasteiger charge is -2.01. The van der Waals surface area contributed by atoms with Crippen LogP contribution in [0.1, 0.15) is 23.0 Å².